The van der Waals surface area contributed by atoms with Crippen LogP contribution in [0.1, 0.15) is 12.8 Å². The van der Waals surface area contributed by atoms with Crippen molar-refractivity contribution in [2.45, 2.75) is 18.9 Å². The van der Waals surface area contributed by atoms with E-state index in [2.05, 4.69) is 54.4 Å². The highest BCUT2D eigenvalue weighted by Crippen LogP contribution is 2.26. The van der Waals surface area contributed by atoms with Crippen LogP contribution in [0, 0.1) is 0 Å². The molecule has 1 fully saturated rings. The smallest absolute Gasteiger partial charge is 0.127 e. The first-order chi connectivity index (χ1) is 8.84. The Kier molecular flexibility index (Phi) is 3.20. The van der Waals surface area contributed by atoms with Crippen molar-refractivity contribution in [3.8, 4) is 5.75 Å². The number of likely N-dealkylation sites (tertiary alicyclic amines) is 1. The summed E-state index contributed by atoms with van der Waals surface area (Å²) in [5.74, 6) is 1.01. The minimum Gasteiger partial charge on any atom is -0.491 e. The number of hydrogen-bond acceptors (Lipinski definition) is 2. The van der Waals surface area contributed by atoms with Crippen LogP contribution in [0.2, 0.25) is 0 Å². The predicted molar refractivity (Wildman–Crippen MR) is 75.1 cm³/mol. The molecule has 1 heterocycles. The molecule has 1 saturated heterocycles. The molecular weight excluding hydrogens is 222 g/mol. The maximum atomic E-state index is 6.03. The standard InChI is InChI=1S/C16H19NO/c1-17-11-5-8-14(17)12-18-16-10-4-7-13-6-2-3-9-15(13)16/h2-4,6-7,9-10,14H,5,8,11-12H2,1H3. The van der Waals surface area contributed by atoms with Gasteiger partial charge < -0.3 is 9.64 Å². The van der Waals surface area contributed by atoms with Gasteiger partial charge >= 0.3 is 0 Å². The van der Waals surface area contributed by atoms with Crippen molar-refractivity contribution in [3.63, 3.8) is 0 Å². The van der Waals surface area contributed by atoms with Crippen LogP contribution in [0.5, 0.6) is 5.75 Å². The van der Waals surface area contributed by atoms with Gasteiger partial charge in [-0.2, -0.15) is 0 Å². The molecule has 1 unspecified atom stereocenters. The second kappa shape index (κ2) is 4.99. The summed E-state index contributed by atoms with van der Waals surface area (Å²) in [6.07, 6.45) is 2.54. The Morgan fingerprint density at radius 1 is 1.17 bits per heavy atom. The highest BCUT2D eigenvalue weighted by atomic mass is 16.5. The number of hydrogen-bond donors (Lipinski definition) is 0. The van der Waals surface area contributed by atoms with E-state index in [1.165, 1.54) is 30.2 Å². The Morgan fingerprint density at radius 3 is 2.83 bits per heavy atom. The van der Waals surface area contributed by atoms with Gasteiger partial charge in [-0.25, -0.2) is 0 Å². The molecule has 2 heteroatoms. The van der Waals surface area contributed by atoms with Gasteiger partial charge in [0.1, 0.15) is 12.4 Å². The fraction of sp³-hybridized carbons (Fsp3) is 0.375. The number of fused-ring (bicyclic) bond motifs is 1. The van der Waals surface area contributed by atoms with E-state index in [9.17, 15) is 0 Å². The Morgan fingerprint density at radius 2 is 2.00 bits per heavy atom. The number of ether oxygens (including phenoxy) is 1. The van der Waals surface area contributed by atoms with Gasteiger partial charge in [0, 0.05) is 11.4 Å². The molecule has 94 valence electrons. The third kappa shape index (κ3) is 2.21. The second-order valence-electron chi connectivity index (χ2n) is 5.06. The SMILES string of the molecule is CN1CCCC1COc1cccc2ccccc12. The molecule has 2 aromatic carbocycles. The lowest BCUT2D eigenvalue weighted by atomic mass is 10.1. The molecule has 0 amide bonds. The van der Waals surface area contributed by atoms with E-state index in [0.29, 0.717) is 6.04 Å². The highest BCUT2D eigenvalue weighted by Gasteiger charge is 2.21. The summed E-state index contributed by atoms with van der Waals surface area (Å²) in [5, 5.41) is 2.45. The van der Waals surface area contributed by atoms with Crippen molar-refractivity contribution < 1.29 is 4.74 Å². The second-order valence-corrected chi connectivity index (χ2v) is 5.06. The Balaban J connectivity index is 1.78. The van der Waals surface area contributed by atoms with Crippen LogP contribution in [0.4, 0.5) is 0 Å². The topological polar surface area (TPSA) is 12.5 Å². The van der Waals surface area contributed by atoms with Crippen molar-refractivity contribution in [1.82, 2.24) is 4.90 Å². The molecule has 0 spiro atoms. The van der Waals surface area contributed by atoms with Gasteiger partial charge in [-0.3, -0.25) is 0 Å². The molecule has 3 rings (SSSR count). The molecule has 0 aromatic heterocycles. The van der Waals surface area contributed by atoms with Crippen LogP contribution in [-0.2, 0) is 0 Å². The molecule has 18 heavy (non-hydrogen) atoms. The molecule has 0 radical (unpaired) electrons. The molecule has 2 nitrogen and oxygen atoms in total. The maximum absolute atomic E-state index is 6.03. The summed E-state index contributed by atoms with van der Waals surface area (Å²) in [4.78, 5) is 2.39. The van der Waals surface area contributed by atoms with Gasteiger partial charge in [0.15, 0.2) is 0 Å². The fourth-order valence-electron chi connectivity index (χ4n) is 2.70. The third-order valence-corrected chi connectivity index (χ3v) is 3.85. The molecule has 0 bridgehead atoms. The quantitative estimate of drug-likeness (QED) is 0.817. The van der Waals surface area contributed by atoms with Crippen LogP contribution in [0.25, 0.3) is 10.8 Å². The normalized spacial score (nSPS) is 20.4. The van der Waals surface area contributed by atoms with Crippen molar-refractivity contribution in [2.24, 2.45) is 0 Å². The lowest BCUT2D eigenvalue weighted by molar-refractivity contribution is 0.200. The molecule has 1 aliphatic heterocycles. The molecule has 0 aliphatic carbocycles. The molecule has 1 aliphatic rings. The third-order valence-electron chi connectivity index (χ3n) is 3.85. The summed E-state index contributed by atoms with van der Waals surface area (Å²) >= 11 is 0. The number of nitrogens with zero attached hydrogens (tertiary/aromatic N) is 1. The maximum Gasteiger partial charge on any atom is 0.127 e. The minimum atomic E-state index is 0.573. The van der Waals surface area contributed by atoms with Gasteiger partial charge in [-0.05, 0) is 37.9 Å². The molecule has 0 N–H and O–H groups in total. The average Bonchev–Trinajstić information content (AvgIpc) is 2.82. The Bertz CT molecular complexity index is 532. The van der Waals surface area contributed by atoms with E-state index < -0.39 is 0 Å². The van der Waals surface area contributed by atoms with Crippen LogP contribution in [0.15, 0.2) is 42.5 Å². The monoisotopic (exact) mass is 241 g/mol. The first kappa shape index (κ1) is 11.5. The molecule has 2 aromatic rings. The zero-order valence-corrected chi connectivity index (χ0v) is 10.8. The van der Waals surface area contributed by atoms with Crippen LogP contribution in [-0.4, -0.2) is 31.1 Å². The van der Waals surface area contributed by atoms with Gasteiger partial charge in [0.25, 0.3) is 0 Å². The van der Waals surface area contributed by atoms with Gasteiger partial charge in [0.05, 0.1) is 0 Å². The van der Waals surface area contributed by atoms with Crippen molar-refractivity contribution in [1.29, 1.82) is 0 Å². The summed E-state index contributed by atoms with van der Waals surface area (Å²) in [5.41, 5.74) is 0. The van der Waals surface area contributed by atoms with E-state index in [1.54, 1.807) is 0 Å². The lowest BCUT2D eigenvalue weighted by Gasteiger charge is -2.20. The van der Waals surface area contributed by atoms with Crippen LogP contribution < -0.4 is 4.74 Å². The Labute approximate surface area is 108 Å². The summed E-state index contributed by atoms with van der Waals surface area (Å²) in [6.45, 7) is 1.99. The van der Waals surface area contributed by atoms with E-state index in [4.69, 9.17) is 4.74 Å². The number of likely N-dealkylation sites (N-methyl/N-ethyl adjacent to an activating group) is 1. The zero-order chi connectivity index (χ0) is 12.4. The predicted octanol–water partition coefficient (Wildman–Crippen LogP) is 3.31. The van der Waals surface area contributed by atoms with Crippen LogP contribution >= 0.6 is 0 Å². The van der Waals surface area contributed by atoms with E-state index in [-0.39, 0.29) is 0 Å². The Hall–Kier alpha value is -1.54. The van der Waals surface area contributed by atoms with Gasteiger partial charge in [0.2, 0.25) is 0 Å². The fourth-order valence-corrected chi connectivity index (χ4v) is 2.70. The largest absolute Gasteiger partial charge is 0.491 e. The van der Waals surface area contributed by atoms with Gasteiger partial charge in [-0.1, -0.05) is 36.4 Å². The van der Waals surface area contributed by atoms with E-state index in [1.807, 2.05) is 0 Å². The summed E-state index contributed by atoms with van der Waals surface area (Å²) in [7, 11) is 2.18. The summed E-state index contributed by atoms with van der Waals surface area (Å²) < 4.78 is 6.03. The average molecular weight is 241 g/mol. The zero-order valence-electron chi connectivity index (χ0n) is 10.8. The van der Waals surface area contributed by atoms with Crippen molar-refractivity contribution in [2.75, 3.05) is 20.2 Å². The molecule has 0 saturated carbocycles. The van der Waals surface area contributed by atoms with Crippen LogP contribution in [0.3, 0.4) is 0 Å². The summed E-state index contributed by atoms with van der Waals surface area (Å²) in [6, 6.07) is 15.2. The number of benzene rings is 2. The highest BCUT2D eigenvalue weighted by molar-refractivity contribution is 5.88. The minimum absolute atomic E-state index is 0.573. The molecule has 1 atom stereocenters. The van der Waals surface area contributed by atoms with Crippen molar-refractivity contribution in [3.05, 3.63) is 42.5 Å². The van der Waals surface area contributed by atoms with Gasteiger partial charge in [-0.15, -0.1) is 0 Å². The van der Waals surface area contributed by atoms with E-state index >= 15 is 0 Å². The van der Waals surface area contributed by atoms with Crippen molar-refractivity contribution >= 4 is 10.8 Å². The number of rotatable bonds is 3. The lowest BCUT2D eigenvalue weighted by Crippen LogP contribution is -2.30. The molecular formula is C16H19NO. The van der Waals surface area contributed by atoms with E-state index in [0.717, 1.165) is 12.4 Å². The first-order valence-corrected chi connectivity index (χ1v) is 6.65. The first-order valence-electron chi connectivity index (χ1n) is 6.65.